The van der Waals surface area contributed by atoms with Gasteiger partial charge >= 0.3 is 5.97 Å². The number of nitrogens with two attached hydrogens (primary N) is 1. The molecule has 1 aromatic heterocycles. The Labute approximate surface area is 116 Å². The summed E-state index contributed by atoms with van der Waals surface area (Å²) in [4.78, 5) is 27.6. The molecule has 104 valence electrons. The zero-order valence-electron chi connectivity index (χ0n) is 11.1. The number of hydrogen-bond acceptors (Lipinski definition) is 6. The van der Waals surface area contributed by atoms with Gasteiger partial charge in [-0.25, -0.2) is 9.78 Å². The predicted octanol–water partition coefficient (Wildman–Crippen LogP) is 1.07. The number of nitrogen functional groups attached to an aromatic ring is 1. The molecule has 0 atom stereocenters. The van der Waals surface area contributed by atoms with Gasteiger partial charge in [-0.2, -0.15) is 0 Å². The standard InChI is InChI=1S/C12H17N3O3S/c1-7(2)15-11(16)6-19-9-5-14-10(13)4-8(9)12(17)18-3/h4-5,7H,6H2,1-3H3,(H2,13,14)(H,15,16). The Hall–Kier alpha value is -1.76. The van der Waals surface area contributed by atoms with Crippen LogP contribution in [0.15, 0.2) is 17.2 Å². The first kappa shape index (κ1) is 15.3. The van der Waals surface area contributed by atoms with Crippen LogP contribution in [0, 0.1) is 0 Å². The first-order valence-corrected chi connectivity index (χ1v) is 6.68. The molecule has 0 aromatic carbocycles. The van der Waals surface area contributed by atoms with Gasteiger partial charge in [0.2, 0.25) is 5.91 Å². The molecule has 3 N–H and O–H groups in total. The van der Waals surface area contributed by atoms with Crippen LogP contribution < -0.4 is 11.1 Å². The van der Waals surface area contributed by atoms with Crippen molar-refractivity contribution < 1.29 is 14.3 Å². The molecule has 0 fully saturated rings. The number of anilines is 1. The van der Waals surface area contributed by atoms with E-state index >= 15 is 0 Å². The average Bonchev–Trinajstić information content (AvgIpc) is 2.35. The lowest BCUT2D eigenvalue weighted by Crippen LogP contribution is -2.31. The molecule has 0 aliphatic heterocycles. The van der Waals surface area contributed by atoms with Gasteiger partial charge in [0.15, 0.2) is 0 Å². The Morgan fingerprint density at radius 2 is 2.21 bits per heavy atom. The van der Waals surface area contributed by atoms with Crippen molar-refractivity contribution in [3.63, 3.8) is 0 Å². The highest BCUT2D eigenvalue weighted by molar-refractivity contribution is 8.00. The maximum Gasteiger partial charge on any atom is 0.339 e. The first-order chi connectivity index (χ1) is 8.93. The minimum absolute atomic E-state index is 0.0812. The van der Waals surface area contributed by atoms with E-state index in [0.717, 1.165) is 0 Å². The number of aromatic nitrogens is 1. The highest BCUT2D eigenvalue weighted by atomic mass is 32.2. The molecule has 0 unspecified atom stereocenters. The number of carbonyl (C=O) groups excluding carboxylic acids is 2. The normalized spacial score (nSPS) is 10.3. The molecule has 1 heterocycles. The minimum atomic E-state index is -0.499. The number of methoxy groups -OCH3 is 1. The molecule has 1 amide bonds. The van der Waals surface area contributed by atoms with Gasteiger partial charge in [-0.3, -0.25) is 4.79 Å². The molecule has 19 heavy (non-hydrogen) atoms. The van der Waals surface area contributed by atoms with E-state index in [1.807, 2.05) is 13.8 Å². The van der Waals surface area contributed by atoms with Crippen LogP contribution in [0.2, 0.25) is 0 Å². The number of carbonyl (C=O) groups is 2. The van der Waals surface area contributed by atoms with E-state index < -0.39 is 5.97 Å². The highest BCUT2D eigenvalue weighted by Gasteiger charge is 2.15. The van der Waals surface area contributed by atoms with Crippen molar-refractivity contribution in [2.24, 2.45) is 0 Å². The molecule has 0 aliphatic rings. The summed E-state index contributed by atoms with van der Waals surface area (Å²) in [7, 11) is 1.29. The number of esters is 1. The second-order valence-electron chi connectivity index (χ2n) is 4.11. The SMILES string of the molecule is COC(=O)c1cc(N)ncc1SCC(=O)NC(C)C. The van der Waals surface area contributed by atoms with Gasteiger partial charge in [0.25, 0.3) is 0 Å². The number of amides is 1. The molecule has 6 nitrogen and oxygen atoms in total. The summed E-state index contributed by atoms with van der Waals surface area (Å²) in [5.41, 5.74) is 5.85. The summed E-state index contributed by atoms with van der Waals surface area (Å²) < 4.78 is 4.67. The molecule has 0 saturated carbocycles. The molecule has 0 spiro atoms. The minimum Gasteiger partial charge on any atom is -0.465 e. The summed E-state index contributed by atoms with van der Waals surface area (Å²) >= 11 is 1.22. The van der Waals surface area contributed by atoms with Gasteiger partial charge in [0.05, 0.1) is 18.4 Å². The van der Waals surface area contributed by atoms with Gasteiger partial charge < -0.3 is 15.8 Å². The van der Waals surface area contributed by atoms with Crippen LogP contribution in [0.4, 0.5) is 5.82 Å². The van der Waals surface area contributed by atoms with Crippen LogP contribution in [-0.4, -0.2) is 35.8 Å². The van der Waals surface area contributed by atoms with E-state index in [9.17, 15) is 9.59 Å². The van der Waals surface area contributed by atoms with E-state index in [4.69, 9.17) is 5.73 Å². The molecule has 1 rings (SSSR count). The molecular formula is C12H17N3O3S. The number of nitrogens with zero attached hydrogens (tertiary/aromatic N) is 1. The van der Waals surface area contributed by atoms with Crippen molar-refractivity contribution >= 4 is 29.5 Å². The third-order valence-electron chi connectivity index (χ3n) is 2.10. The van der Waals surface area contributed by atoms with Gasteiger partial charge in [-0.05, 0) is 19.9 Å². The number of nitrogens with one attached hydrogen (secondary N) is 1. The van der Waals surface area contributed by atoms with E-state index in [0.29, 0.717) is 10.5 Å². The van der Waals surface area contributed by atoms with Gasteiger partial charge in [-0.1, -0.05) is 0 Å². The van der Waals surface area contributed by atoms with Crippen LogP contribution >= 0.6 is 11.8 Å². The lowest BCUT2D eigenvalue weighted by atomic mass is 10.2. The Balaban J connectivity index is 2.78. The topological polar surface area (TPSA) is 94.3 Å². The molecule has 1 aromatic rings. The lowest BCUT2D eigenvalue weighted by Gasteiger charge is -2.10. The number of rotatable bonds is 5. The number of ether oxygens (including phenoxy) is 1. The Morgan fingerprint density at radius 3 is 2.79 bits per heavy atom. The number of hydrogen-bond donors (Lipinski definition) is 2. The van der Waals surface area contributed by atoms with Crippen molar-refractivity contribution in [1.82, 2.24) is 10.3 Å². The number of pyridine rings is 1. The largest absolute Gasteiger partial charge is 0.465 e. The lowest BCUT2D eigenvalue weighted by molar-refractivity contribution is -0.119. The van der Waals surface area contributed by atoms with Crippen molar-refractivity contribution in [2.75, 3.05) is 18.6 Å². The maximum absolute atomic E-state index is 11.6. The quantitative estimate of drug-likeness (QED) is 0.620. The molecule has 0 aliphatic carbocycles. The van der Waals surface area contributed by atoms with E-state index in [1.165, 1.54) is 31.1 Å². The fraction of sp³-hybridized carbons (Fsp3) is 0.417. The van der Waals surface area contributed by atoms with Gasteiger partial charge in [0, 0.05) is 17.1 Å². The van der Waals surface area contributed by atoms with Crippen LogP contribution in [0.5, 0.6) is 0 Å². The van der Waals surface area contributed by atoms with E-state index in [1.54, 1.807) is 0 Å². The smallest absolute Gasteiger partial charge is 0.339 e. The van der Waals surface area contributed by atoms with Crippen molar-refractivity contribution in [1.29, 1.82) is 0 Å². The average molecular weight is 283 g/mol. The maximum atomic E-state index is 11.6. The summed E-state index contributed by atoms with van der Waals surface area (Å²) in [5, 5.41) is 2.77. The molecule has 7 heteroatoms. The van der Waals surface area contributed by atoms with Gasteiger partial charge in [0.1, 0.15) is 5.82 Å². The molecular weight excluding hydrogens is 266 g/mol. The van der Waals surface area contributed by atoms with Crippen molar-refractivity contribution in [3.05, 3.63) is 17.8 Å². The third-order valence-corrected chi connectivity index (χ3v) is 3.15. The van der Waals surface area contributed by atoms with Crippen LogP contribution in [0.25, 0.3) is 0 Å². The van der Waals surface area contributed by atoms with Crippen LogP contribution in [0.3, 0.4) is 0 Å². The summed E-state index contributed by atoms with van der Waals surface area (Å²) in [5.74, 6) is -0.168. The molecule has 0 bridgehead atoms. The van der Waals surface area contributed by atoms with Crippen LogP contribution in [0.1, 0.15) is 24.2 Å². The summed E-state index contributed by atoms with van der Waals surface area (Å²) in [6.45, 7) is 3.76. The third kappa shape index (κ3) is 4.78. The Morgan fingerprint density at radius 1 is 1.53 bits per heavy atom. The highest BCUT2D eigenvalue weighted by Crippen LogP contribution is 2.23. The summed E-state index contributed by atoms with van der Waals surface area (Å²) in [6.07, 6.45) is 1.47. The Bertz CT molecular complexity index is 477. The zero-order chi connectivity index (χ0) is 14.4. The monoisotopic (exact) mass is 283 g/mol. The summed E-state index contributed by atoms with van der Waals surface area (Å²) in [6, 6.07) is 1.52. The zero-order valence-corrected chi connectivity index (χ0v) is 11.9. The predicted molar refractivity (Wildman–Crippen MR) is 74.0 cm³/mol. The fourth-order valence-corrected chi connectivity index (χ4v) is 2.15. The number of thioether (sulfide) groups is 1. The first-order valence-electron chi connectivity index (χ1n) is 5.70. The second-order valence-corrected chi connectivity index (χ2v) is 5.12. The van der Waals surface area contributed by atoms with Crippen molar-refractivity contribution in [2.45, 2.75) is 24.8 Å². The fourth-order valence-electron chi connectivity index (χ4n) is 1.35. The van der Waals surface area contributed by atoms with Crippen molar-refractivity contribution in [3.8, 4) is 0 Å². The van der Waals surface area contributed by atoms with E-state index in [-0.39, 0.29) is 23.5 Å². The Kier molecular flexibility index (Phi) is 5.62. The second kappa shape index (κ2) is 6.98. The molecule has 0 radical (unpaired) electrons. The van der Waals surface area contributed by atoms with Gasteiger partial charge in [-0.15, -0.1) is 11.8 Å². The van der Waals surface area contributed by atoms with Crippen LogP contribution in [-0.2, 0) is 9.53 Å². The molecule has 0 saturated heterocycles. The van der Waals surface area contributed by atoms with E-state index in [2.05, 4.69) is 15.0 Å².